The van der Waals surface area contributed by atoms with Crippen LogP contribution >= 0.6 is 0 Å². The molecule has 2 rings (SSSR count). The van der Waals surface area contributed by atoms with Crippen molar-refractivity contribution in [3.05, 3.63) is 0 Å². The second-order valence-electron chi connectivity index (χ2n) is 6.17. The summed E-state index contributed by atoms with van der Waals surface area (Å²) in [6.07, 6.45) is 3.62. The Bertz CT molecular complexity index is 248. The SMILES string of the molecule is CC(C)(C)OC(=O)C1[C@@H]2CCC[C@H]1CNC2. The Labute approximate surface area is 97.9 Å². The van der Waals surface area contributed by atoms with Gasteiger partial charge in [-0.3, -0.25) is 4.79 Å². The lowest BCUT2D eigenvalue weighted by Gasteiger charge is -2.42. The van der Waals surface area contributed by atoms with Crippen LogP contribution in [-0.2, 0) is 9.53 Å². The fourth-order valence-electron chi connectivity index (χ4n) is 3.05. The van der Waals surface area contributed by atoms with E-state index in [9.17, 15) is 4.79 Å². The van der Waals surface area contributed by atoms with E-state index in [1.165, 1.54) is 19.3 Å². The number of piperidine rings is 1. The van der Waals surface area contributed by atoms with E-state index >= 15 is 0 Å². The van der Waals surface area contributed by atoms with Crippen LogP contribution in [0.1, 0.15) is 40.0 Å². The molecule has 1 N–H and O–H groups in total. The summed E-state index contributed by atoms with van der Waals surface area (Å²) >= 11 is 0. The molecule has 1 aliphatic heterocycles. The minimum absolute atomic E-state index is 0.0312. The first-order chi connectivity index (χ1) is 7.47. The van der Waals surface area contributed by atoms with Crippen LogP contribution in [-0.4, -0.2) is 24.7 Å². The van der Waals surface area contributed by atoms with E-state index in [-0.39, 0.29) is 17.5 Å². The van der Waals surface area contributed by atoms with Crippen molar-refractivity contribution < 1.29 is 9.53 Å². The van der Waals surface area contributed by atoms with Crippen LogP contribution in [0.5, 0.6) is 0 Å². The summed E-state index contributed by atoms with van der Waals surface area (Å²) in [5.74, 6) is 1.18. The Morgan fingerprint density at radius 2 is 1.75 bits per heavy atom. The van der Waals surface area contributed by atoms with E-state index in [1.54, 1.807) is 0 Å². The largest absolute Gasteiger partial charge is 0.460 e. The van der Waals surface area contributed by atoms with E-state index in [0.717, 1.165) is 13.1 Å². The van der Waals surface area contributed by atoms with Crippen LogP contribution in [0.2, 0.25) is 0 Å². The molecular formula is C13H23NO2. The molecule has 2 bridgehead atoms. The summed E-state index contributed by atoms with van der Waals surface area (Å²) in [6.45, 7) is 7.81. The normalized spacial score (nSPS) is 34.6. The average molecular weight is 225 g/mol. The lowest BCUT2D eigenvalue weighted by Crippen LogP contribution is -2.50. The Morgan fingerprint density at radius 3 is 2.25 bits per heavy atom. The van der Waals surface area contributed by atoms with Gasteiger partial charge >= 0.3 is 5.97 Å². The third-order valence-corrected chi connectivity index (χ3v) is 3.66. The molecule has 3 heteroatoms. The monoisotopic (exact) mass is 225 g/mol. The molecule has 0 amide bonds. The highest BCUT2D eigenvalue weighted by Gasteiger charge is 2.42. The first-order valence-electron chi connectivity index (χ1n) is 6.41. The molecule has 1 aliphatic carbocycles. The van der Waals surface area contributed by atoms with E-state index in [2.05, 4.69) is 5.32 Å². The number of hydrogen-bond acceptors (Lipinski definition) is 3. The first-order valence-corrected chi connectivity index (χ1v) is 6.41. The highest BCUT2D eigenvalue weighted by atomic mass is 16.6. The summed E-state index contributed by atoms with van der Waals surface area (Å²) in [5, 5.41) is 3.43. The molecule has 2 fully saturated rings. The van der Waals surface area contributed by atoms with Gasteiger partial charge in [0.15, 0.2) is 0 Å². The third-order valence-electron chi connectivity index (χ3n) is 3.66. The van der Waals surface area contributed by atoms with E-state index < -0.39 is 0 Å². The van der Waals surface area contributed by atoms with Crippen molar-refractivity contribution in [2.45, 2.75) is 45.6 Å². The maximum atomic E-state index is 12.2. The number of ether oxygens (including phenoxy) is 1. The molecule has 0 spiro atoms. The Hall–Kier alpha value is -0.570. The molecule has 1 heterocycles. The van der Waals surface area contributed by atoms with Crippen LogP contribution in [0.4, 0.5) is 0 Å². The van der Waals surface area contributed by atoms with Crippen LogP contribution < -0.4 is 5.32 Å². The number of hydrogen-bond donors (Lipinski definition) is 1. The molecule has 1 saturated carbocycles. The van der Waals surface area contributed by atoms with Crippen molar-refractivity contribution in [2.24, 2.45) is 17.8 Å². The average Bonchev–Trinajstić information content (AvgIpc) is 2.13. The molecule has 2 aliphatic rings. The zero-order chi connectivity index (χ0) is 11.8. The van der Waals surface area contributed by atoms with Crippen molar-refractivity contribution in [1.29, 1.82) is 0 Å². The van der Waals surface area contributed by atoms with Gasteiger partial charge in [0.05, 0.1) is 5.92 Å². The number of nitrogens with one attached hydrogen (secondary N) is 1. The molecule has 92 valence electrons. The molecule has 3 nitrogen and oxygen atoms in total. The van der Waals surface area contributed by atoms with Gasteiger partial charge in [0, 0.05) is 0 Å². The Morgan fingerprint density at radius 1 is 1.19 bits per heavy atom. The van der Waals surface area contributed by atoms with Gasteiger partial charge in [0.25, 0.3) is 0 Å². The molecule has 0 aromatic carbocycles. The van der Waals surface area contributed by atoms with Crippen molar-refractivity contribution in [1.82, 2.24) is 5.32 Å². The lowest BCUT2D eigenvalue weighted by atomic mass is 9.69. The van der Waals surface area contributed by atoms with Crippen LogP contribution in [0.15, 0.2) is 0 Å². The van der Waals surface area contributed by atoms with Crippen molar-refractivity contribution in [3.8, 4) is 0 Å². The topological polar surface area (TPSA) is 38.3 Å². The summed E-state index contributed by atoms with van der Waals surface area (Å²) in [7, 11) is 0. The van der Waals surface area contributed by atoms with E-state index in [0.29, 0.717) is 11.8 Å². The van der Waals surface area contributed by atoms with Gasteiger partial charge < -0.3 is 10.1 Å². The highest BCUT2D eigenvalue weighted by molar-refractivity contribution is 5.74. The predicted octanol–water partition coefficient (Wildman–Crippen LogP) is 1.96. The van der Waals surface area contributed by atoms with E-state index in [4.69, 9.17) is 4.74 Å². The second-order valence-corrected chi connectivity index (χ2v) is 6.17. The highest BCUT2D eigenvalue weighted by Crippen LogP contribution is 2.38. The lowest BCUT2D eigenvalue weighted by molar-refractivity contribution is -0.167. The minimum atomic E-state index is -0.351. The fraction of sp³-hybridized carbons (Fsp3) is 0.923. The molecule has 0 radical (unpaired) electrons. The van der Waals surface area contributed by atoms with Gasteiger partial charge in [-0.1, -0.05) is 6.42 Å². The zero-order valence-corrected chi connectivity index (χ0v) is 10.6. The predicted molar refractivity (Wildman–Crippen MR) is 63.0 cm³/mol. The summed E-state index contributed by atoms with van der Waals surface area (Å²) in [4.78, 5) is 12.2. The summed E-state index contributed by atoms with van der Waals surface area (Å²) < 4.78 is 5.55. The van der Waals surface area contributed by atoms with Gasteiger partial charge in [-0.2, -0.15) is 0 Å². The third kappa shape index (κ3) is 2.57. The summed E-state index contributed by atoms with van der Waals surface area (Å²) in [6, 6.07) is 0. The van der Waals surface area contributed by atoms with Crippen molar-refractivity contribution in [2.75, 3.05) is 13.1 Å². The standard InChI is InChI=1S/C13H23NO2/c1-13(2,3)16-12(15)11-9-5-4-6-10(11)8-14-7-9/h9-11,14H,4-8H2,1-3H3/t9-,10+,11?. The van der Waals surface area contributed by atoms with Gasteiger partial charge in [0.2, 0.25) is 0 Å². The molecule has 0 aromatic rings. The molecular weight excluding hydrogens is 202 g/mol. The van der Waals surface area contributed by atoms with Crippen LogP contribution in [0, 0.1) is 17.8 Å². The Balaban J connectivity index is 2.04. The van der Waals surface area contributed by atoms with Crippen LogP contribution in [0.3, 0.4) is 0 Å². The molecule has 0 aromatic heterocycles. The summed E-state index contributed by atoms with van der Waals surface area (Å²) in [5.41, 5.74) is -0.351. The Kier molecular flexibility index (Phi) is 3.24. The first kappa shape index (κ1) is 11.9. The van der Waals surface area contributed by atoms with E-state index in [1.807, 2.05) is 20.8 Å². The molecule has 1 unspecified atom stereocenters. The second kappa shape index (κ2) is 4.36. The number of rotatable bonds is 1. The fourth-order valence-corrected chi connectivity index (χ4v) is 3.05. The maximum absolute atomic E-state index is 12.2. The number of carbonyl (C=O) groups excluding carboxylic acids is 1. The van der Waals surface area contributed by atoms with Gasteiger partial charge in [-0.15, -0.1) is 0 Å². The molecule has 1 saturated heterocycles. The minimum Gasteiger partial charge on any atom is -0.460 e. The quantitative estimate of drug-likeness (QED) is 0.693. The number of esters is 1. The van der Waals surface area contributed by atoms with Crippen molar-refractivity contribution in [3.63, 3.8) is 0 Å². The van der Waals surface area contributed by atoms with Crippen molar-refractivity contribution >= 4 is 5.97 Å². The van der Waals surface area contributed by atoms with Crippen LogP contribution in [0.25, 0.3) is 0 Å². The smallest absolute Gasteiger partial charge is 0.310 e. The number of carbonyl (C=O) groups is 1. The molecule has 3 atom stereocenters. The van der Waals surface area contributed by atoms with Gasteiger partial charge in [-0.05, 0) is 58.5 Å². The van der Waals surface area contributed by atoms with Gasteiger partial charge in [0.1, 0.15) is 5.60 Å². The number of fused-ring (bicyclic) bond motifs is 2. The molecule has 16 heavy (non-hydrogen) atoms. The zero-order valence-electron chi connectivity index (χ0n) is 10.6. The van der Waals surface area contributed by atoms with Gasteiger partial charge in [-0.25, -0.2) is 0 Å². The maximum Gasteiger partial charge on any atom is 0.310 e.